The Bertz CT molecular complexity index is 1050. The average molecular weight is 474 g/mol. The molecule has 33 heavy (non-hydrogen) atoms. The molecular weight excluding hydrogens is 438 g/mol. The summed E-state index contributed by atoms with van der Waals surface area (Å²) in [7, 11) is -3.76. The quantitative estimate of drug-likeness (QED) is 0.572. The fraction of sp³-hybridized carbons (Fsp3) is 0.440. The Morgan fingerprint density at radius 3 is 2.03 bits per heavy atom. The number of amides is 2. The summed E-state index contributed by atoms with van der Waals surface area (Å²) < 4.78 is 26.6. The van der Waals surface area contributed by atoms with Gasteiger partial charge < -0.3 is 10.2 Å². The van der Waals surface area contributed by atoms with E-state index in [0.29, 0.717) is 5.69 Å². The molecule has 0 saturated carbocycles. The molecular formula is C25H35N3O4S. The Hall–Kier alpha value is -2.87. The van der Waals surface area contributed by atoms with E-state index in [9.17, 15) is 18.0 Å². The molecule has 1 atom stereocenters. The van der Waals surface area contributed by atoms with Gasteiger partial charge in [-0.05, 0) is 43.9 Å². The van der Waals surface area contributed by atoms with Crippen molar-refractivity contribution in [1.29, 1.82) is 0 Å². The summed E-state index contributed by atoms with van der Waals surface area (Å²) in [6, 6.07) is 15.6. The van der Waals surface area contributed by atoms with Crippen molar-refractivity contribution in [2.24, 2.45) is 0 Å². The second kappa shape index (κ2) is 11.3. The molecule has 8 heteroatoms. The number of rotatable bonds is 10. The predicted molar refractivity (Wildman–Crippen MR) is 132 cm³/mol. The Kier molecular flexibility index (Phi) is 9.05. The van der Waals surface area contributed by atoms with Gasteiger partial charge in [0.15, 0.2) is 0 Å². The van der Waals surface area contributed by atoms with E-state index in [-0.39, 0.29) is 24.4 Å². The van der Waals surface area contributed by atoms with Gasteiger partial charge in [0.1, 0.15) is 12.6 Å². The fourth-order valence-electron chi connectivity index (χ4n) is 3.57. The summed E-state index contributed by atoms with van der Waals surface area (Å²) in [5, 5.41) is 2.84. The van der Waals surface area contributed by atoms with Gasteiger partial charge in [0.05, 0.1) is 11.9 Å². The van der Waals surface area contributed by atoms with Crippen molar-refractivity contribution in [3.63, 3.8) is 0 Å². The van der Waals surface area contributed by atoms with Crippen LogP contribution in [0.4, 0.5) is 5.69 Å². The van der Waals surface area contributed by atoms with Crippen LogP contribution in [0.3, 0.4) is 0 Å². The number of hydrogen-bond acceptors (Lipinski definition) is 4. The third-order valence-electron chi connectivity index (χ3n) is 5.30. The summed E-state index contributed by atoms with van der Waals surface area (Å²) in [5.41, 5.74) is 2.15. The SMILES string of the molecule is CC(C)NC(=O)[C@H](C)N(Cc1ccccc1)C(=O)CN(c1ccccc1C(C)C)S(C)(=O)=O. The monoisotopic (exact) mass is 473 g/mol. The molecule has 1 N–H and O–H groups in total. The lowest BCUT2D eigenvalue weighted by molar-refractivity contribution is -0.139. The van der Waals surface area contributed by atoms with E-state index < -0.39 is 28.5 Å². The minimum Gasteiger partial charge on any atom is -0.352 e. The zero-order chi connectivity index (χ0) is 24.8. The van der Waals surface area contributed by atoms with Crippen LogP contribution in [0.25, 0.3) is 0 Å². The van der Waals surface area contributed by atoms with E-state index in [1.807, 2.05) is 70.2 Å². The van der Waals surface area contributed by atoms with Crippen LogP contribution in [-0.2, 0) is 26.2 Å². The molecule has 2 rings (SSSR count). The van der Waals surface area contributed by atoms with Crippen LogP contribution in [-0.4, -0.2) is 50.0 Å². The Morgan fingerprint density at radius 1 is 0.909 bits per heavy atom. The van der Waals surface area contributed by atoms with Gasteiger partial charge in [-0.25, -0.2) is 8.42 Å². The number of nitrogens with zero attached hydrogens (tertiary/aromatic N) is 2. The highest BCUT2D eigenvalue weighted by Gasteiger charge is 2.31. The molecule has 7 nitrogen and oxygen atoms in total. The second-order valence-electron chi connectivity index (χ2n) is 8.83. The van der Waals surface area contributed by atoms with Gasteiger partial charge in [0, 0.05) is 12.6 Å². The van der Waals surface area contributed by atoms with Crippen molar-refractivity contribution in [2.75, 3.05) is 17.1 Å². The Labute approximate surface area is 197 Å². The number of carbonyl (C=O) groups is 2. The standard InChI is InChI=1S/C25H35N3O4S/c1-18(2)22-14-10-11-15-23(22)28(33(6,31)32)17-24(29)27(16-21-12-8-7-9-13-21)20(5)25(30)26-19(3)4/h7-15,18-20H,16-17H2,1-6H3,(H,26,30)/t20-/m0/s1. The van der Waals surface area contributed by atoms with Crippen LogP contribution in [0.15, 0.2) is 54.6 Å². The van der Waals surface area contributed by atoms with Crippen LogP contribution < -0.4 is 9.62 Å². The van der Waals surface area contributed by atoms with Gasteiger partial charge in [-0.15, -0.1) is 0 Å². The van der Waals surface area contributed by atoms with Gasteiger partial charge in [-0.2, -0.15) is 0 Å². The number of sulfonamides is 1. The summed E-state index contributed by atoms with van der Waals surface area (Å²) in [4.78, 5) is 27.7. The molecule has 0 fully saturated rings. The lowest BCUT2D eigenvalue weighted by Crippen LogP contribution is -2.52. The van der Waals surface area contributed by atoms with Gasteiger partial charge in [0.2, 0.25) is 21.8 Å². The summed E-state index contributed by atoms with van der Waals surface area (Å²) in [5.74, 6) is -0.672. The first-order valence-electron chi connectivity index (χ1n) is 11.1. The van der Waals surface area contributed by atoms with Gasteiger partial charge in [0.25, 0.3) is 0 Å². The van der Waals surface area contributed by atoms with Crippen molar-refractivity contribution in [2.45, 2.75) is 59.2 Å². The third kappa shape index (κ3) is 7.32. The van der Waals surface area contributed by atoms with Crippen molar-refractivity contribution in [3.8, 4) is 0 Å². The molecule has 2 aromatic rings. The van der Waals surface area contributed by atoms with Gasteiger partial charge >= 0.3 is 0 Å². The van der Waals surface area contributed by atoms with E-state index in [4.69, 9.17) is 0 Å². The van der Waals surface area contributed by atoms with Crippen LogP contribution >= 0.6 is 0 Å². The molecule has 0 unspecified atom stereocenters. The smallest absolute Gasteiger partial charge is 0.244 e. The number of nitrogens with one attached hydrogen (secondary N) is 1. The molecule has 0 aliphatic carbocycles. The summed E-state index contributed by atoms with van der Waals surface area (Å²) >= 11 is 0. The molecule has 0 saturated heterocycles. The molecule has 0 radical (unpaired) electrons. The second-order valence-corrected chi connectivity index (χ2v) is 10.7. The van der Waals surface area contributed by atoms with Gasteiger partial charge in [-0.3, -0.25) is 13.9 Å². The normalized spacial score (nSPS) is 12.5. The summed E-state index contributed by atoms with van der Waals surface area (Å²) in [6.07, 6.45) is 1.09. The average Bonchev–Trinajstić information content (AvgIpc) is 2.74. The maximum Gasteiger partial charge on any atom is 0.244 e. The lowest BCUT2D eigenvalue weighted by Gasteiger charge is -2.32. The van der Waals surface area contributed by atoms with Crippen molar-refractivity contribution in [3.05, 3.63) is 65.7 Å². The largest absolute Gasteiger partial charge is 0.352 e. The van der Waals surface area contributed by atoms with Crippen molar-refractivity contribution in [1.82, 2.24) is 10.2 Å². The molecule has 0 aromatic heterocycles. The number of anilines is 1. The number of benzene rings is 2. The molecule has 180 valence electrons. The van der Waals surface area contributed by atoms with Crippen LogP contribution in [0, 0.1) is 0 Å². The zero-order valence-electron chi connectivity index (χ0n) is 20.3. The van der Waals surface area contributed by atoms with E-state index >= 15 is 0 Å². The zero-order valence-corrected chi connectivity index (χ0v) is 21.1. The minimum atomic E-state index is -3.76. The first kappa shape index (κ1) is 26.4. The van der Waals surface area contributed by atoms with E-state index in [2.05, 4.69) is 5.32 Å². The summed E-state index contributed by atoms with van der Waals surface area (Å²) in [6.45, 7) is 9.10. The van der Waals surface area contributed by atoms with Crippen LogP contribution in [0.5, 0.6) is 0 Å². The number of carbonyl (C=O) groups excluding carboxylic acids is 2. The number of para-hydroxylation sites is 1. The highest BCUT2D eigenvalue weighted by atomic mass is 32.2. The van der Waals surface area contributed by atoms with Crippen LogP contribution in [0.2, 0.25) is 0 Å². The van der Waals surface area contributed by atoms with Gasteiger partial charge in [-0.1, -0.05) is 62.4 Å². The first-order valence-corrected chi connectivity index (χ1v) is 13.0. The first-order chi connectivity index (χ1) is 15.4. The topological polar surface area (TPSA) is 86.8 Å². The maximum atomic E-state index is 13.5. The van der Waals surface area contributed by atoms with Crippen LogP contribution in [0.1, 0.15) is 51.7 Å². The molecule has 2 amide bonds. The van der Waals surface area contributed by atoms with Crippen molar-refractivity contribution < 1.29 is 18.0 Å². The molecule has 0 aliphatic rings. The Morgan fingerprint density at radius 2 is 1.48 bits per heavy atom. The molecule has 0 bridgehead atoms. The molecule has 0 aliphatic heterocycles. The fourth-order valence-corrected chi connectivity index (χ4v) is 4.43. The van der Waals surface area contributed by atoms with Crippen molar-refractivity contribution >= 4 is 27.5 Å². The van der Waals surface area contributed by atoms with E-state index in [0.717, 1.165) is 21.7 Å². The van der Waals surface area contributed by atoms with E-state index in [1.54, 1.807) is 19.1 Å². The molecule has 2 aromatic carbocycles. The lowest BCUT2D eigenvalue weighted by atomic mass is 10.0. The minimum absolute atomic E-state index is 0.0664. The Balaban J connectivity index is 2.43. The molecule has 0 spiro atoms. The maximum absolute atomic E-state index is 13.5. The third-order valence-corrected chi connectivity index (χ3v) is 6.43. The highest BCUT2D eigenvalue weighted by molar-refractivity contribution is 7.92. The molecule has 0 heterocycles. The number of hydrogen-bond donors (Lipinski definition) is 1. The van der Waals surface area contributed by atoms with E-state index in [1.165, 1.54) is 4.90 Å². The highest BCUT2D eigenvalue weighted by Crippen LogP contribution is 2.29. The predicted octanol–water partition coefficient (Wildman–Crippen LogP) is 3.52.